The van der Waals surface area contributed by atoms with Crippen LogP contribution in [0.15, 0.2) is 18.2 Å². The standard InChI is InChI=1S/C28H41N3O4/c1-28(25(32)17-20-11-9-7-6-8-10-12-20)19-30-22(27(33)31(28)16-15-29(2)3)18-21-23(34-4)13-14-24(35-5)26(21)30/h13-14,18,20H,6-12,15-17,19H2,1-5H3. The first-order chi connectivity index (χ1) is 16.8. The average Bonchev–Trinajstić information content (AvgIpc) is 3.19. The summed E-state index contributed by atoms with van der Waals surface area (Å²) < 4.78 is 13.3. The summed E-state index contributed by atoms with van der Waals surface area (Å²) in [5.74, 6) is 1.84. The van der Waals surface area contributed by atoms with Crippen LogP contribution in [0.25, 0.3) is 10.9 Å². The van der Waals surface area contributed by atoms with Crippen molar-refractivity contribution in [1.82, 2.24) is 14.4 Å². The number of Topliss-reactive ketones (excluding diaryl/α,β-unsaturated/α-hetero) is 1. The van der Waals surface area contributed by atoms with Crippen molar-refractivity contribution in [2.75, 3.05) is 41.4 Å². The molecule has 0 spiro atoms. The molecule has 1 aliphatic heterocycles. The van der Waals surface area contributed by atoms with Gasteiger partial charge in [-0.15, -0.1) is 0 Å². The third-order valence-corrected chi connectivity index (χ3v) is 8.02. The molecule has 1 fully saturated rings. The number of amides is 1. The zero-order chi connectivity index (χ0) is 25.2. The molecule has 0 radical (unpaired) electrons. The van der Waals surface area contributed by atoms with Crippen LogP contribution in [0.4, 0.5) is 0 Å². The Bertz CT molecular complexity index is 1070. The molecular weight excluding hydrogens is 442 g/mol. The lowest BCUT2D eigenvalue weighted by Crippen LogP contribution is -2.62. The van der Waals surface area contributed by atoms with Gasteiger partial charge in [-0.25, -0.2) is 0 Å². The zero-order valence-corrected chi connectivity index (χ0v) is 22.1. The number of aromatic nitrogens is 1. The lowest BCUT2D eigenvalue weighted by Gasteiger charge is -2.45. The number of carbonyl (C=O) groups is 2. The fourth-order valence-corrected chi connectivity index (χ4v) is 5.88. The molecule has 1 saturated carbocycles. The topological polar surface area (TPSA) is 64.0 Å². The smallest absolute Gasteiger partial charge is 0.271 e. The van der Waals surface area contributed by atoms with E-state index in [0.717, 1.165) is 23.7 Å². The summed E-state index contributed by atoms with van der Waals surface area (Å²) in [5, 5.41) is 0.833. The van der Waals surface area contributed by atoms with Crippen LogP contribution < -0.4 is 9.47 Å². The van der Waals surface area contributed by atoms with Crippen LogP contribution >= 0.6 is 0 Å². The number of fused-ring (bicyclic) bond motifs is 3. The number of carbonyl (C=O) groups excluding carboxylic acids is 2. The molecule has 1 aliphatic carbocycles. The summed E-state index contributed by atoms with van der Waals surface area (Å²) in [7, 11) is 7.25. The highest BCUT2D eigenvalue weighted by molar-refractivity contribution is 6.06. The normalized spacial score (nSPS) is 21.7. The number of benzene rings is 1. The maximum absolute atomic E-state index is 14.1. The molecule has 1 aromatic carbocycles. The molecule has 0 bridgehead atoms. The summed E-state index contributed by atoms with van der Waals surface area (Å²) in [6.45, 7) is 3.59. The van der Waals surface area contributed by atoms with Crippen LogP contribution in [-0.4, -0.2) is 73.0 Å². The van der Waals surface area contributed by atoms with E-state index in [1.165, 1.54) is 32.1 Å². The van der Waals surface area contributed by atoms with Crippen LogP contribution in [0.3, 0.4) is 0 Å². The number of hydrogen-bond acceptors (Lipinski definition) is 5. The molecule has 1 atom stereocenters. The van der Waals surface area contributed by atoms with Gasteiger partial charge in [0.15, 0.2) is 5.78 Å². The first-order valence-electron chi connectivity index (χ1n) is 13.0. The van der Waals surface area contributed by atoms with E-state index in [1.54, 1.807) is 14.2 Å². The fourth-order valence-electron chi connectivity index (χ4n) is 5.88. The maximum atomic E-state index is 14.1. The van der Waals surface area contributed by atoms with Crippen LogP contribution in [0.1, 0.15) is 68.8 Å². The minimum atomic E-state index is -0.914. The Morgan fingerprint density at radius 3 is 2.31 bits per heavy atom. The quantitative estimate of drug-likeness (QED) is 0.542. The van der Waals surface area contributed by atoms with Crippen LogP contribution in [-0.2, 0) is 11.3 Å². The summed E-state index contributed by atoms with van der Waals surface area (Å²) in [4.78, 5) is 31.9. The van der Waals surface area contributed by atoms with Gasteiger partial charge < -0.3 is 23.8 Å². The second kappa shape index (κ2) is 10.6. The predicted molar refractivity (Wildman–Crippen MR) is 138 cm³/mol. The van der Waals surface area contributed by atoms with Crippen molar-refractivity contribution in [1.29, 1.82) is 0 Å². The predicted octanol–water partition coefficient (Wildman–Crippen LogP) is 4.75. The van der Waals surface area contributed by atoms with E-state index in [9.17, 15) is 9.59 Å². The summed E-state index contributed by atoms with van der Waals surface area (Å²) >= 11 is 0. The number of ether oxygens (including phenoxy) is 2. The first kappa shape index (κ1) is 25.5. The number of likely N-dealkylation sites (N-methyl/N-ethyl adjacent to an activating group) is 1. The van der Waals surface area contributed by atoms with Crippen molar-refractivity contribution in [3.8, 4) is 11.5 Å². The van der Waals surface area contributed by atoms with Gasteiger partial charge in [0.2, 0.25) is 0 Å². The van der Waals surface area contributed by atoms with Crippen molar-refractivity contribution in [2.45, 2.75) is 70.4 Å². The Labute approximate surface area is 209 Å². The van der Waals surface area contributed by atoms with Crippen molar-refractivity contribution in [2.24, 2.45) is 5.92 Å². The van der Waals surface area contributed by atoms with Gasteiger partial charge in [-0.3, -0.25) is 9.59 Å². The van der Waals surface area contributed by atoms with Gasteiger partial charge in [-0.05, 0) is 45.1 Å². The van der Waals surface area contributed by atoms with Crippen molar-refractivity contribution in [3.05, 3.63) is 23.9 Å². The zero-order valence-electron chi connectivity index (χ0n) is 22.1. The third kappa shape index (κ3) is 4.92. The molecule has 7 heteroatoms. The van der Waals surface area contributed by atoms with Gasteiger partial charge in [-0.2, -0.15) is 0 Å². The Balaban J connectivity index is 1.75. The van der Waals surface area contributed by atoms with Crippen molar-refractivity contribution in [3.63, 3.8) is 0 Å². The molecule has 2 aliphatic rings. The summed E-state index contributed by atoms with van der Waals surface area (Å²) in [6.07, 6.45) is 8.97. The van der Waals surface area contributed by atoms with Gasteiger partial charge >= 0.3 is 0 Å². The summed E-state index contributed by atoms with van der Waals surface area (Å²) in [6, 6.07) is 5.62. The molecule has 192 valence electrons. The van der Waals surface area contributed by atoms with Crippen molar-refractivity contribution >= 4 is 22.6 Å². The monoisotopic (exact) mass is 483 g/mol. The van der Waals surface area contributed by atoms with Crippen LogP contribution in [0.2, 0.25) is 0 Å². The second-order valence-corrected chi connectivity index (χ2v) is 10.7. The Morgan fingerprint density at radius 2 is 1.69 bits per heavy atom. The highest BCUT2D eigenvalue weighted by Gasteiger charge is 2.47. The number of hydrogen-bond donors (Lipinski definition) is 0. The molecule has 2 aromatic rings. The molecule has 2 heterocycles. The fraction of sp³-hybridized carbons (Fsp3) is 0.643. The minimum absolute atomic E-state index is 0.105. The van der Waals surface area contributed by atoms with E-state index in [4.69, 9.17) is 9.47 Å². The third-order valence-electron chi connectivity index (χ3n) is 8.02. The van der Waals surface area contributed by atoms with Gasteiger partial charge in [0.25, 0.3) is 5.91 Å². The van der Waals surface area contributed by atoms with Gasteiger partial charge in [0.1, 0.15) is 22.7 Å². The average molecular weight is 484 g/mol. The molecule has 4 rings (SSSR count). The molecule has 0 N–H and O–H groups in total. The van der Waals surface area contributed by atoms with Crippen LogP contribution in [0, 0.1) is 5.92 Å². The minimum Gasteiger partial charge on any atom is -0.496 e. The van der Waals surface area contributed by atoms with Gasteiger partial charge in [-0.1, -0.05) is 44.9 Å². The highest BCUT2D eigenvalue weighted by atomic mass is 16.5. The van der Waals surface area contributed by atoms with Crippen molar-refractivity contribution < 1.29 is 19.1 Å². The van der Waals surface area contributed by atoms with Crippen LogP contribution in [0.5, 0.6) is 11.5 Å². The van der Waals surface area contributed by atoms with E-state index in [0.29, 0.717) is 49.2 Å². The molecule has 1 amide bonds. The molecule has 1 aromatic heterocycles. The summed E-state index contributed by atoms with van der Waals surface area (Å²) in [5.41, 5.74) is 0.480. The Hall–Kier alpha value is -2.54. The Morgan fingerprint density at radius 1 is 1.06 bits per heavy atom. The number of rotatable bonds is 8. The molecule has 1 unspecified atom stereocenters. The molecule has 0 saturated heterocycles. The van der Waals surface area contributed by atoms with Gasteiger partial charge in [0.05, 0.1) is 26.3 Å². The first-order valence-corrected chi connectivity index (χ1v) is 13.0. The van der Waals surface area contributed by atoms with E-state index in [1.807, 2.05) is 48.7 Å². The number of ketones is 1. The van der Waals surface area contributed by atoms with E-state index < -0.39 is 5.54 Å². The number of nitrogens with zero attached hydrogens (tertiary/aromatic N) is 3. The SMILES string of the molecule is COc1ccc(OC)c2c1cc1n2CC(C)(C(=O)CC2CCCCCCC2)N(CCN(C)C)C1=O. The van der Waals surface area contributed by atoms with Gasteiger partial charge in [0, 0.05) is 24.9 Å². The lowest BCUT2D eigenvalue weighted by molar-refractivity contribution is -0.131. The molecule has 7 nitrogen and oxygen atoms in total. The second-order valence-electron chi connectivity index (χ2n) is 10.7. The molecule has 35 heavy (non-hydrogen) atoms. The van der Waals surface area contributed by atoms with E-state index in [2.05, 4.69) is 4.90 Å². The van der Waals surface area contributed by atoms with E-state index in [-0.39, 0.29) is 11.7 Å². The largest absolute Gasteiger partial charge is 0.496 e. The molecular formula is C28H41N3O4. The highest BCUT2D eigenvalue weighted by Crippen LogP contribution is 2.41. The lowest BCUT2D eigenvalue weighted by atomic mass is 9.81. The van der Waals surface area contributed by atoms with E-state index >= 15 is 0 Å². The number of methoxy groups -OCH3 is 2. The Kier molecular flexibility index (Phi) is 7.74. The maximum Gasteiger partial charge on any atom is 0.271 e.